The van der Waals surface area contributed by atoms with Gasteiger partial charge in [0.15, 0.2) is 0 Å². The Morgan fingerprint density at radius 1 is 1.13 bits per heavy atom. The number of aliphatic hydroxyl groups excluding tert-OH is 1. The van der Waals surface area contributed by atoms with Crippen molar-refractivity contribution in [1.82, 2.24) is 10.2 Å². The van der Waals surface area contributed by atoms with Gasteiger partial charge in [0, 0.05) is 43.2 Å². The molecule has 2 aromatic carbocycles. The minimum Gasteiger partial charge on any atom is -0.390 e. The highest BCUT2D eigenvalue weighted by Crippen LogP contribution is 2.27. The quantitative estimate of drug-likeness (QED) is 0.458. The number of urea groups is 1. The van der Waals surface area contributed by atoms with Crippen molar-refractivity contribution < 1.29 is 14.7 Å². The van der Waals surface area contributed by atoms with E-state index in [-0.39, 0.29) is 24.9 Å². The molecule has 0 aromatic heterocycles. The molecule has 160 valence electrons. The summed E-state index contributed by atoms with van der Waals surface area (Å²) in [5.74, 6) is 0.199. The van der Waals surface area contributed by atoms with E-state index in [1.165, 1.54) is 22.9 Å². The fourth-order valence-corrected chi connectivity index (χ4v) is 4.38. The van der Waals surface area contributed by atoms with Crippen molar-refractivity contribution in [3.8, 4) is 0 Å². The summed E-state index contributed by atoms with van der Waals surface area (Å²) in [6, 6.07) is 15.4. The van der Waals surface area contributed by atoms with Crippen molar-refractivity contribution in [2.45, 2.75) is 30.4 Å². The monoisotopic (exact) mass is 428 g/mol. The highest BCUT2D eigenvalue weighted by molar-refractivity contribution is 7.99. The van der Waals surface area contributed by atoms with Crippen LogP contribution in [0.1, 0.15) is 17.5 Å². The lowest BCUT2D eigenvalue weighted by Gasteiger charge is -2.30. The number of nitrogens with two attached hydrogens (primary N) is 1. The molecule has 0 saturated carbocycles. The van der Waals surface area contributed by atoms with E-state index in [4.69, 9.17) is 5.73 Å². The Hall–Kier alpha value is -2.55. The molecule has 0 aliphatic carbocycles. The second-order valence-corrected chi connectivity index (χ2v) is 8.44. The zero-order chi connectivity index (χ0) is 21.3. The molecule has 1 aliphatic heterocycles. The number of carbonyl (C=O) groups is 2. The summed E-state index contributed by atoms with van der Waals surface area (Å²) in [4.78, 5) is 26.3. The average molecular weight is 429 g/mol. The number of nitrogens with one attached hydrogen (secondary N) is 2. The molecule has 0 radical (unpaired) electrons. The summed E-state index contributed by atoms with van der Waals surface area (Å²) < 4.78 is 0. The van der Waals surface area contributed by atoms with Gasteiger partial charge in [-0.25, -0.2) is 4.79 Å². The molecule has 1 heterocycles. The lowest BCUT2D eigenvalue weighted by Crippen LogP contribution is -2.43. The van der Waals surface area contributed by atoms with Gasteiger partial charge >= 0.3 is 6.03 Å². The van der Waals surface area contributed by atoms with E-state index in [1.54, 1.807) is 6.07 Å². The number of hydrogen-bond acceptors (Lipinski definition) is 5. The number of aliphatic hydroxyl groups is 1. The van der Waals surface area contributed by atoms with Gasteiger partial charge in [-0.2, -0.15) is 0 Å². The first-order chi connectivity index (χ1) is 14.5. The number of nitrogens with zero attached hydrogens (tertiary/aromatic N) is 1. The normalized spacial score (nSPS) is 14.6. The van der Waals surface area contributed by atoms with Gasteiger partial charge in [-0.15, -0.1) is 11.8 Å². The van der Waals surface area contributed by atoms with E-state index in [2.05, 4.69) is 33.7 Å². The third-order valence-electron chi connectivity index (χ3n) is 4.92. The van der Waals surface area contributed by atoms with Crippen molar-refractivity contribution in [3.05, 3.63) is 59.7 Å². The number of primary amides is 1. The Balaban J connectivity index is 1.43. The van der Waals surface area contributed by atoms with E-state index >= 15 is 0 Å². The maximum absolute atomic E-state index is 12.3. The molecule has 7 nitrogen and oxygen atoms in total. The van der Waals surface area contributed by atoms with E-state index in [1.807, 2.05) is 24.3 Å². The fraction of sp³-hybridized carbons (Fsp3) is 0.364. The first-order valence-corrected chi connectivity index (χ1v) is 11.0. The summed E-state index contributed by atoms with van der Waals surface area (Å²) in [5.41, 5.74) is 8.50. The molecule has 0 bridgehead atoms. The van der Waals surface area contributed by atoms with Gasteiger partial charge < -0.3 is 21.5 Å². The molecular formula is C22H28N4O3S. The van der Waals surface area contributed by atoms with Crippen molar-refractivity contribution >= 4 is 29.4 Å². The molecule has 30 heavy (non-hydrogen) atoms. The number of amides is 3. The lowest BCUT2D eigenvalue weighted by molar-refractivity contribution is -0.117. The molecule has 2 aromatic rings. The number of anilines is 1. The fourth-order valence-electron chi connectivity index (χ4n) is 3.41. The van der Waals surface area contributed by atoms with Gasteiger partial charge in [0.05, 0.1) is 11.8 Å². The Morgan fingerprint density at radius 3 is 2.67 bits per heavy atom. The molecule has 3 rings (SSSR count). The van der Waals surface area contributed by atoms with Gasteiger partial charge in [0.25, 0.3) is 0 Å². The predicted octanol–water partition coefficient (Wildman–Crippen LogP) is 2.19. The molecule has 0 saturated heterocycles. The van der Waals surface area contributed by atoms with Crippen LogP contribution in [0.25, 0.3) is 0 Å². The van der Waals surface area contributed by atoms with Crippen molar-refractivity contribution in [2.24, 2.45) is 5.73 Å². The molecule has 1 atom stereocenters. The van der Waals surface area contributed by atoms with E-state index in [9.17, 15) is 14.7 Å². The number of fused-ring (bicyclic) bond motifs is 1. The maximum Gasteiger partial charge on any atom is 0.319 e. The van der Waals surface area contributed by atoms with Gasteiger partial charge in [-0.05, 0) is 29.7 Å². The summed E-state index contributed by atoms with van der Waals surface area (Å²) >= 11 is 1.46. The zero-order valence-electron chi connectivity index (χ0n) is 16.8. The third kappa shape index (κ3) is 6.76. The Morgan fingerprint density at radius 2 is 1.87 bits per heavy atom. The van der Waals surface area contributed by atoms with Crippen LogP contribution in [0, 0.1) is 0 Å². The number of thioether (sulfide) groups is 1. The first kappa shape index (κ1) is 22.1. The largest absolute Gasteiger partial charge is 0.390 e. The predicted molar refractivity (Wildman–Crippen MR) is 119 cm³/mol. The van der Waals surface area contributed by atoms with Crippen LogP contribution in [0.15, 0.2) is 53.4 Å². The van der Waals surface area contributed by atoms with Gasteiger partial charge in [0.2, 0.25) is 5.91 Å². The van der Waals surface area contributed by atoms with Crippen molar-refractivity contribution in [1.29, 1.82) is 0 Å². The maximum atomic E-state index is 12.3. The Kier molecular flexibility index (Phi) is 8.12. The zero-order valence-corrected chi connectivity index (χ0v) is 17.7. The molecular weight excluding hydrogens is 400 g/mol. The highest BCUT2D eigenvalue weighted by Gasteiger charge is 2.19. The Bertz CT molecular complexity index is 877. The van der Waals surface area contributed by atoms with E-state index in [0.29, 0.717) is 18.0 Å². The van der Waals surface area contributed by atoms with Gasteiger partial charge in [0.1, 0.15) is 0 Å². The number of carbonyl (C=O) groups excluding carboxylic acids is 2. The highest BCUT2D eigenvalue weighted by atomic mass is 32.2. The lowest BCUT2D eigenvalue weighted by atomic mass is 10.00. The van der Waals surface area contributed by atoms with Crippen LogP contribution in [-0.2, 0) is 17.8 Å². The van der Waals surface area contributed by atoms with Crippen LogP contribution in [-0.4, -0.2) is 53.4 Å². The molecule has 0 fully saturated rings. The van der Waals surface area contributed by atoms with Crippen molar-refractivity contribution in [2.75, 3.05) is 30.7 Å². The summed E-state index contributed by atoms with van der Waals surface area (Å²) in [7, 11) is 0. The summed E-state index contributed by atoms with van der Waals surface area (Å²) in [5, 5.41) is 15.9. The number of hydrogen-bond donors (Lipinski definition) is 4. The van der Waals surface area contributed by atoms with Gasteiger partial charge in [-0.1, -0.05) is 36.4 Å². The minimum absolute atomic E-state index is 0.168. The van der Waals surface area contributed by atoms with E-state index < -0.39 is 6.10 Å². The standard InChI is InChI=1S/C22H28N4O3S/c23-21(28)10-12-30-20-8-4-3-7-19(20)25-22(29)24-13-18(27)15-26-11-9-16-5-1-2-6-17(16)14-26/h1-8,18,27H,9-15H2,(H2,23,28)(H2,24,25,29). The second kappa shape index (κ2) is 11.0. The van der Waals surface area contributed by atoms with Crippen LogP contribution in [0.5, 0.6) is 0 Å². The molecule has 1 unspecified atom stereocenters. The second-order valence-electron chi connectivity index (χ2n) is 7.30. The van der Waals surface area contributed by atoms with Crippen LogP contribution in [0.4, 0.5) is 10.5 Å². The van der Waals surface area contributed by atoms with Crippen molar-refractivity contribution in [3.63, 3.8) is 0 Å². The number of rotatable bonds is 9. The van der Waals surface area contributed by atoms with Crippen LogP contribution in [0.3, 0.4) is 0 Å². The summed E-state index contributed by atoms with van der Waals surface area (Å²) in [6.07, 6.45) is 0.598. The molecule has 5 N–H and O–H groups in total. The number of benzene rings is 2. The van der Waals surface area contributed by atoms with Crippen LogP contribution >= 0.6 is 11.8 Å². The van der Waals surface area contributed by atoms with Gasteiger partial charge in [-0.3, -0.25) is 9.69 Å². The first-order valence-electron chi connectivity index (χ1n) is 10.0. The van der Waals surface area contributed by atoms with Crippen LogP contribution < -0.4 is 16.4 Å². The molecule has 8 heteroatoms. The third-order valence-corrected chi connectivity index (χ3v) is 5.99. The number of para-hydroxylation sites is 1. The van der Waals surface area contributed by atoms with Crippen LogP contribution in [0.2, 0.25) is 0 Å². The Labute approximate surface area is 181 Å². The molecule has 3 amide bonds. The number of β-amino-alcohol motifs (C(OH)–C–C–N with tert-alkyl or cyclic N) is 1. The molecule has 1 aliphatic rings. The van der Waals surface area contributed by atoms with E-state index in [0.717, 1.165) is 24.4 Å². The smallest absolute Gasteiger partial charge is 0.319 e. The summed E-state index contributed by atoms with van der Waals surface area (Å²) in [6.45, 7) is 2.39. The minimum atomic E-state index is -0.652. The topological polar surface area (TPSA) is 108 Å². The molecule has 0 spiro atoms. The average Bonchev–Trinajstić information content (AvgIpc) is 2.73. The SMILES string of the molecule is NC(=O)CCSc1ccccc1NC(=O)NCC(O)CN1CCc2ccccc2C1.